The van der Waals surface area contributed by atoms with Gasteiger partial charge in [-0.05, 0) is 101 Å². The quantitative estimate of drug-likeness (QED) is 0.344. The molecule has 0 aliphatic heterocycles. The molecule has 2 N–H and O–H groups in total. The number of halogens is 1. The molecule has 0 aromatic heterocycles. The van der Waals surface area contributed by atoms with Crippen molar-refractivity contribution in [2.24, 2.45) is 22.2 Å². The van der Waals surface area contributed by atoms with E-state index in [1.807, 2.05) is 23.1 Å². The summed E-state index contributed by atoms with van der Waals surface area (Å²) >= 11 is 0. The molecule has 0 radical (unpaired) electrons. The molecule has 0 spiro atoms. The fourth-order valence-electron chi connectivity index (χ4n) is 6.42. The van der Waals surface area contributed by atoms with Gasteiger partial charge >= 0.3 is 6.03 Å². The van der Waals surface area contributed by atoms with Crippen molar-refractivity contribution in [2.45, 2.75) is 78.4 Å². The lowest BCUT2D eigenvalue weighted by Gasteiger charge is -2.41. The van der Waals surface area contributed by atoms with Gasteiger partial charge in [-0.15, -0.1) is 0 Å². The molecule has 0 bridgehead atoms. The highest BCUT2D eigenvalue weighted by atomic mass is 19.1. The Morgan fingerprint density at radius 3 is 2.39 bits per heavy atom. The molecule has 4 rings (SSSR count). The van der Waals surface area contributed by atoms with Crippen molar-refractivity contribution in [3.05, 3.63) is 77.6 Å². The smallest absolute Gasteiger partial charge is 0.318 e. The van der Waals surface area contributed by atoms with Crippen molar-refractivity contribution in [1.29, 1.82) is 5.41 Å². The Bertz CT molecular complexity index is 1180. The number of allylic oxidation sites excluding steroid dienone is 2. The van der Waals surface area contributed by atoms with Crippen LogP contribution in [0.25, 0.3) is 0 Å². The maximum absolute atomic E-state index is 13.4. The zero-order chi connectivity index (χ0) is 27.4. The summed E-state index contributed by atoms with van der Waals surface area (Å²) in [4.78, 5) is 20.1. The summed E-state index contributed by atoms with van der Waals surface area (Å²) < 4.78 is 13.4. The lowest BCUT2D eigenvalue weighted by Crippen LogP contribution is -2.49. The standard InChI is InChI=1S/C32H41FN4O/c1-21(2)37(22(3)4)31(38)36-29(23-9-7-6-8-10-23)17-25-11-12-26-18-30(24(20-34)19-32(25,26)5)35-28-15-13-27(33)14-16-28/h6-10,13-16,18,20-22,24-25,29,34H,11-12,17,19H2,1-5H3,(H,36,38). The number of aliphatic imine (C=N–C) groups is 1. The SMILES string of the molecule is CC(C)N(C(=O)NC(CC1CCC2=CC(=Nc3ccc(F)cc3)C(C=N)CC21C)c1ccccc1)C(C)C. The highest BCUT2D eigenvalue weighted by molar-refractivity contribution is 6.08. The van der Waals surface area contributed by atoms with Crippen molar-refractivity contribution in [3.63, 3.8) is 0 Å². The number of rotatable bonds is 8. The molecule has 6 heteroatoms. The Hall–Kier alpha value is -3.28. The lowest BCUT2D eigenvalue weighted by atomic mass is 9.65. The summed E-state index contributed by atoms with van der Waals surface area (Å²) in [6, 6.07) is 16.5. The van der Waals surface area contributed by atoms with Crippen LogP contribution < -0.4 is 5.32 Å². The molecule has 1 fully saturated rings. The van der Waals surface area contributed by atoms with Gasteiger partial charge in [0.25, 0.3) is 0 Å². The highest BCUT2D eigenvalue weighted by Gasteiger charge is 2.47. The predicted molar refractivity (Wildman–Crippen MR) is 154 cm³/mol. The highest BCUT2D eigenvalue weighted by Crippen LogP contribution is 2.56. The summed E-state index contributed by atoms with van der Waals surface area (Å²) in [5.41, 5.74) is 3.99. The van der Waals surface area contributed by atoms with E-state index in [4.69, 9.17) is 10.4 Å². The molecule has 0 saturated heterocycles. The van der Waals surface area contributed by atoms with Gasteiger partial charge in [-0.1, -0.05) is 42.8 Å². The van der Waals surface area contributed by atoms with E-state index in [2.05, 4.69) is 58.1 Å². The molecular formula is C32H41FN4O. The minimum Gasteiger partial charge on any atom is -0.331 e. The topological polar surface area (TPSA) is 68.6 Å². The van der Waals surface area contributed by atoms with Crippen LogP contribution in [0, 0.1) is 28.5 Å². The fourth-order valence-corrected chi connectivity index (χ4v) is 6.42. The van der Waals surface area contributed by atoms with Crippen molar-refractivity contribution in [3.8, 4) is 0 Å². The van der Waals surface area contributed by atoms with Gasteiger partial charge < -0.3 is 15.6 Å². The van der Waals surface area contributed by atoms with Gasteiger partial charge in [-0.3, -0.25) is 4.99 Å². The first-order valence-electron chi connectivity index (χ1n) is 13.8. The number of hydrogen-bond acceptors (Lipinski definition) is 3. The third-order valence-corrected chi connectivity index (χ3v) is 8.40. The number of carbonyl (C=O) groups is 1. The van der Waals surface area contributed by atoms with Gasteiger partial charge in [-0.2, -0.15) is 0 Å². The normalized spacial score (nSPS) is 24.7. The first-order chi connectivity index (χ1) is 18.1. The van der Waals surface area contributed by atoms with E-state index in [0.29, 0.717) is 11.6 Å². The van der Waals surface area contributed by atoms with Crippen molar-refractivity contribution < 1.29 is 9.18 Å². The van der Waals surface area contributed by atoms with Gasteiger partial charge in [0.15, 0.2) is 0 Å². The van der Waals surface area contributed by atoms with E-state index >= 15 is 0 Å². The van der Waals surface area contributed by atoms with Crippen LogP contribution >= 0.6 is 0 Å². The van der Waals surface area contributed by atoms with Crippen LogP contribution in [0.5, 0.6) is 0 Å². The average Bonchev–Trinajstić information content (AvgIpc) is 3.19. The molecule has 2 aromatic rings. The van der Waals surface area contributed by atoms with Gasteiger partial charge in [0.1, 0.15) is 5.82 Å². The zero-order valence-electron chi connectivity index (χ0n) is 23.2. The lowest BCUT2D eigenvalue weighted by molar-refractivity contribution is 0.154. The first kappa shape index (κ1) is 27.7. The molecular weight excluding hydrogens is 475 g/mol. The van der Waals surface area contributed by atoms with Crippen LogP contribution in [0.15, 0.2) is 71.2 Å². The predicted octanol–water partition coefficient (Wildman–Crippen LogP) is 7.87. The largest absolute Gasteiger partial charge is 0.331 e. The monoisotopic (exact) mass is 516 g/mol. The Kier molecular flexibility index (Phi) is 8.49. The molecule has 5 nitrogen and oxygen atoms in total. The molecule has 4 unspecified atom stereocenters. The van der Waals surface area contributed by atoms with Gasteiger partial charge in [0.2, 0.25) is 0 Å². The molecule has 2 aromatic carbocycles. The molecule has 0 heterocycles. The maximum atomic E-state index is 13.4. The van der Waals surface area contributed by atoms with Crippen LogP contribution in [0.2, 0.25) is 0 Å². The van der Waals surface area contributed by atoms with E-state index < -0.39 is 0 Å². The van der Waals surface area contributed by atoms with E-state index in [-0.39, 0.29) is 41.3 Å². The van der Waals surface area contributed by atoms with Gasteiger partial charge in [0.05, 0.1) is 11.7 Å². The molecule has 38 heavy (non-hydrogen) atoms. The van der Waals surface area contributed by atoms with E-state index in [1.54, 1.807) is 12.1 Å². The second-order valence-electron chi connectivity index (χ2n) is 11.6. The zero-order valence-corrected chi connectivity index (χ0v) is 23.2. The maximum Gasteiger partial charge on any atom is 0.318 e. The van der Waals surface area contributed by atoms with Crippen LogP contribution in [-0.4, -0.2) is 34.9 Å². The van der Waals surface area contributed by atoms with Crippen LogP contribution in [0.3, 0.4) is 0 Å². The number of benzene rings is 2. The average molecular weight is 517 g/mol. The summed E-state index contributed by atoms with van der Waals surface area (Å²) in [7, 11) is 0. The van der Waals surface area contributed by atoms with E-state index in [1.165, 1.54) is 23.9 Å². The number of urea groups is 1. The molecule has 2 aliphatic carbocycles. The number of carbonyl (C=O) groups excluding carboxylic acids is 1. The van der Waals surface area contributed by atoms with Crippen molar-refractivity contribution >= 4 is 23.6 Å². The molecule has 4 atom stereocenters. The number of hydrogen-bond donors (Lipinski definition) is 2. The third kappa shape index (κ3) is 5.90. The van der Waals surface area contributed by atoms with Crippen molar-refractivity contribution in [2.75, 3.05) is 0 Å². The fraction of sp³-hybridized carbons (Fsp3) is 0.469. The van der Waals surface area contributed by atoms with Crippen molar-refractivity contribution in [1.82, 2.24) is 10.2 Å². The summed E-state index contributed by atoms with van der Waals surface area (Å²) in [5, 5.41) is 11.5. The summed E-state index contributed by atoms with van der Waals surface area (Å²) in [6.45, 7) is 10.5. The van der Waals surface area contributed by atoms with Gasteiger partial charge in [-0.25, -0.2) is 9.18 Å². The van der Waals surface area contributed by atoms with Crippen LogP contribution in [0.4, 0.5) is 14.9 Å². The Balaban J connectivity index is 1.61. The molecule has 1 saturated carbocycles. The Labute approximate surface area is 226 Å². The van der Waals surface area contributed by atoms with Gasteiger partial charge in [0, 0.05) is 29.9 Å². The minimum atomic E-state index is -0.282. The first-order valence-corrected chi connectivity index (χ1v) is 13.8. The minimum absolute atomic E-state index is 0.0301. The summed E-state index contributed by atoms with van der Waals surface area (Å²) in [6.07, 6.45) is 7.34. The second-order valence-corrected chi connectivity index (χ2v) is 11.6. The molecule has 2 amide bonds. The third-order valence-electron chi connectivity index (χ3n) is 8.40. The van der Waals surface area contributed by atoms with Crippen LogP contribution in [-0.2, 0) is 0 Å². The number of nitrogens with zero attached hydrogens (tertiary/aromatic N) is 2. The van der Waals surface area contributed by atoms with E-state index in [0.717, 1.165) is 37.0 Å². The molecule has 202 valence electrons. The number of fused-ring (bicyclic) bond motifs is 1. The second kappa shape index (κ2) is 11.6. The number of nitrogens with one attached hydrogen (secondary N) is 2. The van der Waals surface area contributed by atoms with Crippen LogP contribution in [0.1, 0.15) is 71.9 Å². The Morgan fingerprint density at radius 2 is 1.79 bits per heavy atom. The Morgan fingerprint density at radius 1 is 1.13 bits per heavy atom. The van der Waals surface area contributed by atoms with E-state index in [9.17, 15) is 9.18 Å². The molecule has 2 aliphatic rings. The summed E-state index contributed by atoms with van der Waals surface area (Å²) in [5.74, 6) is -0.0205. The number of amides is 2.